The molecule has 2 aromatic heterocycles. The Kier molecular flexibility index (Phi) is 4.32. The fraction of sp³-hybridized carbons (Fsp3) is 0. The maximum absolute atomic E-state index is 9.91. The highest BCUT2D eigenvalue weighted by molar-refractivity contribution is 5.75. The molecule has 0 aliphatic heterocycles. The normalized spacial score (nSPS) is 11.7. The first-order valence-electron chi connectivity index (χ1n) is 8.22. The van der Waals surface area contributed by atoms with E-state index >= 15 is 0 Å². The smallest absolute Gasteiger partial charge is 0.274 e. The first-order valence-corrected chi connectivity index (χ1v) is 8.22. The van der Waals surface area contributed by atoms with Gasteiger partial charge in [-0.1, -0.05) is 41.5 Å². The van der Waals surface area contributed by atoms with Gasteiger partial charge in [0.1, 0.15) is 11.5 Å². The fourth-order valence-electron chi connectivity index (χ4n) is 2.59. The van der Waals surface area contributed by atoms with Crippen LogP contribution in [0.3, 0.4) is 0 Å². The summed E-state index contributed by atoms with van der Waals surface area (Å²) in [6.07, 6.45) is 7.13. The number of phenols is 2. The molecule has 2 heterocycles. The first kappa shape index (κ1) is 16.5. The minimum atomic E-state index is 0.190. The van der Waals surface area contributed by atoms with Crippen LogP contribution in [0, 0.1) is 0 Å². The zero-order valence-corrected chi connectivity index (χ0v) is 14.1. The van der Waals surface area contributed by atoms with Crippen LogP contribution in [-0.4, -0.2) is 35.2 Å². The molecule has 4 aromatic rings. The molecule has 0 atom stereocenters. The Balaban J connectivity index is 1.72. The number of nitrogens with zero attached hydrogens (tertiary/aromatic N) is 5. The van der Waals surface area contributed by atoms with Crippen LogP contribution in [0.5, 0.6) is 11.5 Å². The minimum Gasteiger partial charge on any atom is -0.507 e. The molecule has 27 heavy (non-hydrogen) atoms. The van der Waals surface area contributed by atoms with Crippen LogP contribution in [0.2, 0.25) is 0 Å². The standard InChI is InChI=1S/C20H15N5O2/c26-18-7-3-1-5-14(18)9-11-16-13-17(25-20(21-16)22-23-24-25)12-10-15-6-2-4-8-19(15)27/h1-13,26-27H/b11-9+,12-10?. The van der Waals surface area contributed by atoms with Gasteiger partial charge in [0.2, 0.25) is 0 Å². The number of tetrazole rings is 1. The van der Waals surface area contributed by atoms with Gasteiger partial charge in [0, 0.05) is 11.1 Å². The van der Waals surface area contributed by atoms with E-state index in [0.717, 1.165) is 0 Å². The maximum atomic E-state index is 9.91. The molecule has 0 fully saturated rings. The van der Waals surface area contributed by atoms with Crippen LogP contribution in [0.25, 0.3) is 30.1 Å². The van der Waals surface area contributed by atoms with E-state index in [9.17, 15) is 10.2 Å². The van der Waals surface area contributed by atoms with Gasteiger partial charge in [0.05, 0.1) is 11.4 Å². The van der Waals surface area contributed by atoms with E-state index in [0.29, 0.717) is 28.3 Å². The molecule has 4 rings (SSSR count). The van der Waals surface area contributed by atoms with E-state index in [1.165, 1.54) is 4.52 Å². The number of hydrogen-bond donors (Lipinski definition) is 2. The molecule has 132 valence electrons. The lowest BCUT2D eigenvalue weighted by atomic mass is 10.1. The van der Waals surface area contributed by atoms with Crippen LogP contribution in [0.4, 0.5) is 0 Å². The average Bonchev–Trinajstić information content (AvgIpc) is 3.15. The van der Waals surface area contributed by atoms with Crippen molar-refractivity contribution in [1.82, 2.24) is 25.0 Å². The molecule has 0 bridgehead atoms. The molecule has 2 aromatic carbocycles. The maximum Gasteiger partial charge on any atom is 0.274 e. The van der Waals surface area contributed by atoms with Crippen molar-refractivity contribution < 1.29 is 10.2 Å². The largest absolute Gasteiger partial charge is 0.507 e. The summed E-state index contributed by atoms with van der Waals surface area (Å²) < 4.78 is 1.51. The second-order valence-electron chi connectivity index (χ2n) is 5.78. The van der Waals surface area contributed by atoms with Crippen LogP contribution >= 0.6 is 0 Å². The zero-order valence-electron chi connectivity index (χ0n) is 14.1. The van der Waals surface area contributed by atoms with Crippen molar-refractivity contribution in [3.05, 3.63) is 77.1 Å². The molecular weight excluding hydrogens is 342 g/mol. The van der Waals surface area contributed by atoms with E-state index in [1.807, 2.05) is 30.3 Å². The Bertz CT molecular complexity index is 1160. The van der Waals surface area contributed by atoms with Crippen LogP contribution < -0.4 is 0 Å². The lowest BCUT2D eigenvalue weighted by Crippen LogP contribution is -1.98. The van der Waals surface area contributed by atoms with Gasteiger partial charge in [0.25, 0.3) is 5.78 Å². The van der Waals surface area contributed by atoms with Gasteiger partial charge in [-0.25, -0.2) is 4.98 Å². The Morgan fingerprint density at radius 1 is 0.778 bits per heavy atom. The van der Waals surface area contributed by atoms with Crippen molar-refractivity contribution in [1.29, 1.82) is 0 Å². The van der Waals surface area contributed by atoms with Crippen molar-refractivity contribution in [2.75, 3.05) is 0 Å². The van der Waals surface area contributed by atoms with E-state index in [1.54, 1.807) is 48.6 Å². The van der Waals surface area contributed by atoms with Gasteiger partial charge in [-0.15, -0.1) is 0 Å². The molecular formula is C20H15N5O2. The summed E-state index contributed by atoms with van der Waals surface area (Å²) in [5, 5.41) is 31.3. The summed E-state index contributed by atoms with van der Waals surface area (Å²) in [5.74, 6) is 0.737. The first-order chi connectivity index (χ1) is 13.2. The monoisotopic (exact) mass is 357 g/mol. The zero-order chi connectivity index (χ0) is 18.6. The number of fused-ring (bicyclic) bond motifs is 1. The fourth-order valence-corrected chi connectivity index (χ4v) is 2.59. The topological polar surface area (TPSA) is 96.4 Å². The predicted octanol–water partition coefficient (Wildman–Crippen LogP) is 3.27. The number of hydrogen-bond acceptors (Lipinski definition) is 6. The number of aromatic nitrogens is 5. The van der Waals surface area contributed by atoms with Crippen LogP contribution in [-0.2, 0) is 0 Å². The lowest BCUT2D eigenvalue weighted by Gasteiger charge is -2.02. The van der Waals surface area contributed by atoms with E-state index in [2.05, 4.69) is 20.5 Å². The number of benzene rings is 2. The Morgan fingerprint density at radius 3 is 2.07 bits per heavy atom. The number of phenolic OH excluding ortho intramolecular Hbond substituents is 2. The van der Waals surface area contributed by atoms with E-state index in [-0.39, 0.29) is 11.5 Å². The van der Waals surface area contributed by atoms with Gasteiger partial charge >= 0.3 is 0 Å². The Morgan fingerprint density at radius 2 is 1.41 bits per heavy atom. The summed E-state index contributed by atoms with van der Waals surface area (Å²) in [4.78, 5) is 4.39. The summed E-state index contributed by atoms with van der Waals surface area (Å²) in [6, 6.07) is 15.9. The lowest BCUT2D eigenvalue weighted by molar-refractivity contribution is 0.473. The number of aromatic hydroxyl groups is 2. The molecule has 0 saturated heterocycles. The highest BCUT2D eigenvalue weighted by atomic mass is 16.3. The predicted molar refractivity (Wildman–Crippen MR) is 103 cm³/mol. The number of rotatable bonds is 4. The summed E-state index contributed by atoms with van der Waals surface area (Å²) in [7, 11) is 0. The summed E-state index contributed by atoms with van der Waals surface area (Å²) in [5.41, 5.74) is 2.70. The van der Waals surface area contributed by atoms with Crippen molar-refractivity contribution in [3.63, 3.8) is 0 Å². The highest BCUT2D eigenvalue weighted by Gasteiger charge is 2.06. The van der Waals surface area contributed by atoms with Crippen molar-refractivity contribution in [2.24, 2.45) is 0 Å². The van der Waals surface area contributed by atoms with Crippen LogP contribution in [0.1, 0.15) is 22.5 Å². The summed E-state index contributed by atoms with van der Waals surface area (Å²) >= 11 is 0. The average molecular weight is 357 g/mol. The van der Waals surface area contributed by atoms with Crippen molar-refractivity contribution >= 4 is 30.1 Å². The highest BCUT2D eigenvalue weighted by Crippen LogP contribution is 2.20. The van der Waals surface area contributed by atoms with E-state index in [4.69, 9.17) is 0 Å². The van der Waals surface area contributed by atoms with Crippen molar-refractivity contribution in [2.45, 2.75) is 0 Å². The molecule has 0 aliphatic carbocycles. The Hall–Kier alpha value is -4.00. The molecule has 0 saturated carbocycles. The van der Waals surface area contributed by atoms with E-state index < -0.39 is 0 Å². The van der Waals surface area contributed by atoms with Gasteiger partial charge in [0.15, 0.2) is 0 Å². The SMILES string of the molecule is Oc1ccccc1C=Cc1cc(/C=C/c2ccccc2O)nc2nnnn12. The van der Waals surface area contributed by atoms with Crippen molar-refractivity contribution in [3.8, 4) is 11.5 Å². The van der Waals surface area contributed by atoms with Gasteiger partial charge < -0.3 is 10.2 Å². The third-order valence-electron chi connectivity index (χ3n) is 3.96. The second kappa shape index (κ2) is 7.09. The van der Waals surface area contributed by atoms with Gasteiger partial charge in [-0.05, 0) is 52.9 Å². The minimum absolute atomic E-state index is 0.190. The quantitative estimate of drug-likeness (QED) is 0.582. The Labute approximate surface area is 154 Å². The number of para-hydroxylation sites is 2. The third kappa shape index (κ3) is 3.52. The van der Waals surface area contributed by atoms with Crippen LogP contribution in [0.15, 0.2) is 54.6 Å². The molecule has 0 unspecified atom stereocenters. The molecule has 0 radical (unpaired) electrons. The molecule has 0 amide bonds. The van der Waals surface area contributed by atoms with Gasteiger partial charge in [-0.3, -0.25) is 0 Å². The molecule has 0 aliphatic rings. The van der Waals surface area contributed by atoms with Gasteiger partial charge in [-0.2, -0.15) is 4.52 Å². The molecule has 2 N–H and O–H groups in total. The summed E-state index contributed by atoms with van der Waals surface area (Å²) in [6.45, 7) is 0. The molecule has 0 spiro atoms. The molecule has 7 heteroatoms. The molecule has 7 nitrogen and oxygen atoms in total. The third-order valence-corrected chi connectivity index (χ3v) is 3.96. The second-order valence-corrected chi connectivity index (χ2v) is 5.78.